The van der Waals surface area contributed by atoms with Crippen molar-refractivity contribution >= 4 is 41.2 Å². The SMILES string of the molecule is CC(=O)ONc1ccccc1.[NaH]. The van der Waals surface area contributed by atoms with Crippen LogP contribution >= 0.6 is 0 Å². The van der Waals surface area contributed by atoms with E-state index in [4.69, 9.17) is 0 Å². The summed E-state index contributed by atoms with van der Waals surface area (Å²) >= 11 is 0. The van der Waals surface area contributed by atoms with Gasteiger partial charge in [-0.25, -0.2) is 5.48 Å². The summed E-state index contributed by atoms with van der Waals surface area (Å²) in [6, 6.07) is 9.21. The number of rotatable bonds is 2. The van der Waals surface area contributed by atoms with Gasteiger partial charge in [0.05, 0.1) is 5.69 Å². The zero-order valence-electron chi connectivity index (χ0n) is 6.20. The van der Waals surface area contributed by atoms with Gasteiger partial charge >= 0.3 is 35.5 Å². The van der Waals surface area contributed by atoms with E-state index in [2.05, 4.69) is 10.3 Å². The molecule has 0 aliphatic rings. The van der Waals surface area contributed by atoms with Crippen LogP contribution in [0.15, 0.2) is 30.3 Å². The normalized spacial score (nSPS) is 8.08. The van der Waals surface area contributed by atoms with Gasteiger partial charge in [0.15, 0.2) is 0 Å². The Balaban J connectivity index is 0.00000121. The Hall–Kier alpha value is -0.510. The summed E-state index contributed by atoms with van der Waals surface area (Å²) < 4.78 is 0. The van der Waals surface area contributed by atoms with Crippen molar-refractivity contribution in [2.75, 3.05) is 5.48 Å². The number of carbonyl (C=O) groups excluding carboxylic acids is 1. The third kappa shape index (κ3) is 4.38. The quantitative estimate of drug-likeness (QED) is 0.536. The van der Waals surface area contributed by atoms with E-state index in [9.17, 15) is 4.79 Å². The molecule has 3 nitrogen and oxygen atoms in total. The number of hydrogen-bond acceptors (Lipinski definition) is 3. The average molecular weight is 175 g/mol. The molecule has 1 N–H and O–H groups in total. The molecule has 0 fully saturated rings. The third-order valence-corrected chi connectivity index (χ3v) is 1.09. The molecule has 4 heteroatoms. The van der Waals surface area contributed by atoms with E-state index in [-0.39, 0.29) is 35.5 Å². The van der Waals surface area contributed by atoms with Crippen LogP contribution in [0.25, 0.3) is 0 Å². The topological polar surface area (TPSA) is 38.3 Å². The molecule has 0 aliphatic heterocycles. The van der Waals surface area contributed by atoms with Gasteiger partial charge in [0.2, 0.25) is 0 Å². The molecule has 1 rings (SSSR count). The molecule has 1 aromatic carbocycles. The van der Waals surface area contributed by atoms with Crippen molar-refractivity contribution in [2.24, 2.45) is 0 Å². The molecule has 60 valence electrons. The van der Waals surface area contributed by atoms with E-state index in [1.165, 1.54) is 6.92 Å². The van der Waals surface area contributed by atoms with Gasteiger partial charge in [-0.05, 0) is 12.1 Å². The predicted octanol–water partition coefficient (Wildman–Crippen LogP) is 0.928. The zero-order chi connectivity index (χ0) is 8.10. The molecule has 0 unspecified atom stereocenters. The predicted molar refractivity (Wildman–Crippen MR) is 49.0 cm³/mol. The molecule has 0 aliphatic carbocycles. The Morgan fingerprint density at radius 2 is 1.92 bits per heavy atom. The van der Waals surface area contributed by atoms with Crippen LogP contribution in [0.5, 0.6) is 0 Å². The molecule has 0 bridgehead atoms. The van der Waals surface area contributed by atoms with E-state index < -0.39 is 0 Å². The van der Waals surface area contributed by atoms with E-state index in [1.807, 2.05) is 30.3 Å². The fraction of sp³-hybridized carbons (Fsp3) is 0.125. The van der Waals surface area contributed by atoms with Gasteiger partial charge in [0, 0.05) is 6.92 Å². The minimum atomic E-state index is -0.353. The van der Waals surface area contributed by atoms with Crippen LogP contribution in [0.1, 0.15) is 6.92 Å². The monoisotopic (exact) mass is 175 g/mol. The van der Waals surface area contributed by atoms with Crippen LogP contribution in [-0.4, -0.2) is 35.5 Å². The van der Waals surface area contributed by atoms with Crippen LogP contribution in [0.4, 0.5) is 5.69 Å². The molecule has 0 spiro atoms. The van der Waals surface area contributed by atoms with Crippen LogP contribution < -0.4 is 5.48 Å². The molecule has 0 atom stereocenters. The van der Waals surface area contributed by atoms with Crippen LogP contribution in [0.3, 0.4) is 0 Å². The van der Waals surface area contributed by atoms with Crippen molar-refractivity contribution in [1.82, 2.24) is 0 Å². The Morgan fingerprint density at radius 1 is 1.33 bits per heavy atom. The first kappa shape index (κ1) is 11.5. The first-order valence-corrected chi connectivity index (χ1v) is 3.27. The maximum atomic E-state index is 10.3. The van der Waals surface area contributed by atoms with Crippen molar-refractivity contribution in [2.45, 2.75) is 6.92 Å². The fourth-order valence-corrected chi connectivity index (χ4v) is 0.637. The van der Waals surface area contributed by atoms with Gasteiger partial charge in [-0.1, -0.05) is 18.2 Å². The second-order valence-corrected chi connectivity index (χ2v) is 2.06. The maximum absolute atomic E-state index is 10.3. The molecule has 12 heavy (non-hydrogen) atoms. The molecule has 1 aromatic rings. The van der Waals surface area contributed by atoms with Gasteiger partial charge in [-0.2, -0.15) is 0 Å². The van der Waals surface area contributed by atoms with E-state index in [0.717, 1.165) is 5.69 Å². The van der Waals surface area contributed by atoms with E-state index in [1.54, 1.807) is 0 Å². The standard InChI is InChI=1S/C8H9NO2.Na.H/c1-7(10)11-9-8-5-3-2-4-6-8;;/h2-6,9H,1H3;;. The summed E-state index contributed by atoms with van der Waals surface area (Å²) in [6.07, 6.45) is 0. The zero-order valence-corrected chi connectivity index (χ0v) is 6.20. The molecule has 0 radical (unpaired) electrons. The van der Waals surface area contributed by atoms with Crippen molar-refractivity contribution in [3.05, 3.63) is 30.3 Å². The van der Waals surface area contributed by atoms with Gasteiger partial charge in [0.25, 0.3) is 0 Å². The molecular weight excluding hydrogens is 165 g/mol. The number of hydrogen-bond donors (Lipinski definition) is 1. The van der Waals surface area contributed by atoms with Crippen LogP contribution in [-0.2, 0) is 9.63 Å². The molecule has 0 heterocycles. The summed E-state index contributed by atoms with van der Waals surface area (Å²) in [5.74, 6) is -0.353. The number of nitrogens with one attached hydrogen (secondary N) is 1. The van der Waals surface area contributed by atoms with Gasteiger partial charge in [-0.3, -0.25) is 4.79 Å². The Bertz CT molecular complexity index is 238. The number of benzene rings is 1. The van der Waals surface area contributed by atoms with Crippen LogP contribution in [0, 0.1) is 0 Å². The van der Waals surface area contributed by atoms with E-state index in [0.29, 0.717) is 0 Å². The molecule has 0 saturated heterocycles. The van der Waals surface area contributed by atoms with Crippen LogP contribution in [0.2, 0.25) is 0 Å². The minimum absolute atomic E-state index is 0. The molecule has 0 amide bonds. The first-order chi connectivity index (χ1) is 5.29. The molecule has 0 aromatic heterocycles. The summed E-state index contributed by atoms with van der Waals surface area (Å²) in [7, 11) is 0. The Labute approximate surface area is 93.4 Å². The fourth-order valence-electron chi connectivity index (χ4n) is 0.637. The van der Waals surface area contributed by atoms with Crippen molar-refractivity contribution < 1.29 is 9.63 Å². The van der Waals surface area contributed by atoms with Gasteiger partial charge in [-0.15, -0.1) is 0 Å². The third-order valence-electron chi connectivity index (χ3n) is 1.09. The number of carbonyl (C=O) groups is 1. The number of anilines is 1. The number of para-hydroxylation sites is 1. The molecular formula is C8H10NNaO2. The summed E-state index contributed by atoms with van der Waals surface area (Å²) in [4.78, 5) is 14.9. The second-order valence-electron chi connectivity index (χ2n) is 2.06. The second kappa shape index (κ2) is 6.06. The van der Waals surface area contributed by atoms with Gasteiger partial charge < -0.3 is 4.84 Å². The first-order valence-electron chi connectivity index (χ1n) is 3.27. The van der Waals surface area contributed by atoms with E-state index >= 15 is 0 Å². The summed E-state index contributed by atoms with van der Waals surface area (Å²) in [5.41, 5.74) is 3.26. The average Bonchev–Trinajstić information content (AvgIpc) is 2.03. The van der Waals surface area contributed by atoms with Gasteiger partial charge in [0.1, 0.15) is 0 Å². The Kier molecular flexibility index (Phi) is 5.80. The molecule has 0 saturated carbocycles. The Morgan fingerprint density at radius 3 is 2.42 bits per heavy atom. The summed E-state index contributed by atoms with van der Waals surface area (Å²) in [6.45, 7) is 1.34. The van der Waals surface area contributed by atoms with Crippen molar-refractivity contribution in [1.29, 1.82) is 0 Å². The van der Waals surface area contributed by atoms with Crippen molar-refractivity contribution in [3.63, 3.8) is 0 Å². The summed E-state index contributed by atoms with van der Waals surface area (Å²) in [5, 5.41) is 0. The van der Waals surface area contributed by atoms with Crippen molar-refractivity contribution in [3.8, 4) is 0 Å².